The molecular formula is C15H24O5. The Morgan fingerprint density at radius 1 is 1.35 bits per heavy atom. The maximum atomic E-state index is 9.97. The summed E-state index contributed by atoms with van der Waals surface area (Å²) in [7, 11) is 0. The quantitative estimate of drug-likeness (QED) is 0.533. The van der Waals surface area contributed by atoms with Crippen molar-refractivity contribution in [2.24, 2.45) is 5.92 Å². The van der Waals surface area contributed by atoms with E-state index in [1.807, 2.05) is 6.92 Å². The Balaban J connectivity index is 1.88. The SMILES string of the molecule is CCC(O)CCC(O)/C=C/C1C2=CC(O)OC2CC1O. The molecule has 20 heavy (non-hydrogen) atoms. The van der Waals surface area contributed by atoms with Gasteiger partial charge < -0.3 is 25.2 Å². The average Bonchev–Trinajstić information content (AvgIpc) is 2.89. The maximum absolute atomic E-state index is 9.97. The van der Waals surface area contributed by atoms with E-state index in [-0.39, 0.29) is 18.1 Å². The Morgan fingerprint density at radius 2 is 2.10 bits per heavy atom. The van der Waals surface area contributed by atoms with Gasteiger partial charge in [-0.05, 0) is 30.9 Å². The standard InChI is InChI=1S/C15H24O5/c1-2-9(16)3-4-10(17)5-6-11-12-7-15(19)20-14(12)8-13(11)18/h5-7,9-11,13-19H,2-4,8H2,1H3/b6-5+. The van der Waals surface area contributed by atoms with E-state index in [0.29, 0.717) is 25.7 Å². The van der Waals surface area contributed by atoms with Crippen LogP contribution in [0, 0.1) is 5.92 Å². The molecular weight excluding hydrogens is 260 g/mol. The Kier molecular flexibility index (Phi) is 5.35. The van der Waals surface area contributed by atoms with Crippen LogP contribution in [0.2, 0.25) is 0 Å². The minimum atomic E-state index is -0.886. The molecule has 5 heteroatoms. The lowest BCUT2D eigenvalue weighted by molar-refractivity contribution is -0.0786. The van der Waals surface area contributed by atoms with Crippen LogP contribution in [-0.4, -0.2) is 51.1 Å². The number of aliphatic hydroxyl groups is 4. The molecule has 0 aromatic carbocycles. The van der Waals surface area contributed by atoms with Gasteiger partial charge in [-0.25, -0.2) is 0 Å². The zero-order valence-electron chi connectivity index (χ0n) is 11.7. The van der Waals surface area contributed by atoms with Crippen molar-refractivity contribution < 1.29 is 25.2 Å². The second-order valence-corrected chi connectivity index (χ2v) is 5.60. The molecule has 5 nitrogen and oxygen atoms in total. The van der Waals surface area contributed by atoms with E-state index >= 15 is 0 Å². The molecule has 0 spiro atoms. The van der Waals surface area contributed by atoms with Crippen molar-refractivity contribution in [3.05, 3.63) is 23.8 Å². The highest BCUT2D eigenvalue weighted by molar-refractivity contribution is 5.29. The molecule has 0 saturated heterocycles. The van der Waals surface area contributed by atoms with E-state index in [0.717, 1.165) is 5.57 Å². The van der Waals surface area contributed by atoms with Crippen molar-refractivity contribution in [3.63, 3.8) is 0 Å². The third-order valence-electron chi connectivity index (χ3n) is 4.07. The normalized spacial score (nSPS) is 36.1. The Bertz CT molecular complexity index is 378. The summed E-state index contributed by atoms with van der Waals surface area (Å²) in [5, 5.41) is 38.7. The molecule has 4 N–H and O–H groups in total. The van der Waals surface area contributed by atoms with E-state index in [2.05, 4.69) is 0 Å². The molecule has 2 aliphatic rings. The van der Waals surface area contributed by atoms with Crippen LogP contribution in [0.4, 0.5) is 0 Å². The highest BCUT2D eigenvalue weighted by Crippen LogP contribution is 2.39. The summed E-state index contributed by atoms with van der Waals surface area (Å²) in [5.74, 6) is -0.206. The van der Waals surface area contributed by atoms with E-state index in [1.54, 1.807) is 18.2 Å². The van der Waals surface area contributed by atoms with Crippen LogP contribution in [0.3, 0.4) is 0 Å². The number of hydrogen-bond acceptors (Lipinski definition) is 5. The van der Waals surface area contributed by atoms with Gasteiger partial charge in [0.1, 0.15) is 0 Å². The molecule has 1 aliphatic carbocycles. The molecule has 114 valence electrons. The molecule has 1 fully saturated rings. The molecule has 2 rings (SSSR count). The molecule has 1 aliphatic heterocycles. The molecule has 0 radical (unpaired) electrons. The average molecular weight is 284 g/mol. The van der Waals surface area contributed by atoms with E-state index in [4.69, 9.17) is 4.74 Å². The second-order valence-electron chi connectivity index (χ2n) is 5.60. The molecule has 0 amide bonds. The molecule has 6 unspecified atom stereocenters. The largest absolute Gasteiger partial charge is 0.393 e. The summed E-state index contributed by atoms with van der Waals surface area (Å²) in [6.45, 7) is 1.90. The van der Waals surface area contributed by atoms with E-state index < -0.39 is 18.5 Å². The maximum Gasteiger partial charge on any atom is 0.175 e. The van der Waals surface area contributed by atoms with Crippen LogP contribution in [0.15, 0.2) is 23.8 Å². The van der Waals surface area contributed by atoms with Gasteiger partial charge in [0, 0.05) is 12.3 Å². The molecule has 1 heterocycles. The zero-order valence-corrected chi connectivity index (χ0v) is 11.7. The number of aliphatic hydroxyl groups excluding tert-OH is 4. The van der Waals surface area contributed by atoms with Gasteiger partial charge in [0.25, 0.3) is 0 Å². The Morgan fingerprint density at radius 3 is 2.80 bits per heavy atom. The lowest BCUT2D eigenvalue weighted by atomic mass is 9.98. The predicted molar refractivity (Wildman–Crippen MR) is 73.8 cm³/mol. The molecule has 0 aromatic heterocycles. The van der Waals surface area contributed by atoms with E-state index in [9.17, 15) is 20.4 Å². The van der Waals surface area contributed by atoms with Gasteiger partial charge in [0.2, 0.25) is 0 Å². The minimum absolute atomic E-state index is 0.206. The fraction of sp³-hybridized carbons (Fsp3) is 0.733. The highest BCUT2D eigenvalue weighted by Gasteiger charge is 2.41. The third kappa shape index (κ3) is 3.68. The van der Waals surface area contributed by atoms with Crippen molar-refractivity contribution in [3.8, 4) is 0 Å². The van der Waals surface area contributed by atoms with Crippen LogP contribution in [-0.2, 0) is 4.74 Å². The van der Waals surface area contributed by atoms with E-state index in [1.165, 1.54) is 0 Å². The van der Waals surface area contributed by atoms with Gasteiger partial charge in [-0.3, -0.25) is 0 Å². The fourth-order valence-corrected chi connectivity index (χ4v) is 2.81. The monoisotopic (exact) mass is 284 g/mol. The van der Waals surface area contributed by atoms with Gasteiger partial charge in [0.15, 0.2) is 6.29 Å². The first-order chi connectivity index (χ1) is 9.51. The first-order valence-corrected chi connectivity index (χ1v) is 7.29. The van der Waals surface area contributed by atoms with Gasteiger partial charge in [-0.1, -0.05) is 19.1 Å². The summed E-state index contributed by atoms with van der Waals surface area (Å²) in [6, 6.07) is 0. The first kappa shape index (κ1) is 15.7. The van der Waals surface area contributed by atoms with Crippen LogP contribution >= 0.6 is 0 Å². The van der Waals surface area contributed by atoms with Crippen LogP contribution in [0.25, 0.3) is 0 Å². The lowest BCUT2D eigenvalue weighted by Gasteiger charge is -2.13. The number of hydrogen-bond donors (Lipinski definition) is 4. The van der Waals surface area contributed by atoms with Gasteiger partial charge in [-0.15, -0.1) is 0 Å². The number of rotatable bonds is 6. The Labute approximate surface area is 119 Å². The molecule has 0 bridgehead atoms. The second kappa shape index (κ2) is 6.83. The smallest absolute Gasteiger partial charge is 0.175 e. The van der Waals surface area contributed by atoms with Gasteiger partial charge >= 0.3 is 0 Å². The van der Waals surface area contributed by atoms with Crippen LogP contribution < -0.4 is 0 Å². The fourth-order valence-electron chi connectivity index (χ4n) is 2.81. The molecule has 1 saturated carbocycles. The molecule has 6 atom stereocenters. The van der Waals surface area contributed by atoms with Crippen LogP contribution in [0.5, 0.6) is 0 Å². The Hall–Kier alpha value is -0.720. The first-order valence-electron chi connectivity index (χ1n) is 7.29. The lowest BCUT2D eigenvalue weighted by Crippen LogP contribution is -2.15. The summed E-state index contributed by atoms with van der Waals surface area (Å²) in [4.78, 5) is 0. The number of fused-ring (bicyclic) bond motifs is 1. The van der Waals surface area contributed by atoms with Gasteiger partial charge in [-0.2, -0.15) is 0 Å². The number of ether oxygens (including phenoxy) is 1. The van der Waals surface area contributed by atoms with Crippen molar-refractivity contribution in [1.82, 2.24) is 0 Å². The predicted octanol–water partition coefficient (Wildman–Crippen LogP) is 0.479. The summed E-state index contributed by atoms with van der Waals surface area (Å²) in [6.07, 6.45) is 4.63. The minimum Gasteiger partial charge on any atom is -0.393 e. The van der Waals surface area contributed by atoms with Gasteiger partial charge in [0.05, 0.1) is 24.4 Å². The molecule has 0 aromatic rings. The van der Waals surface area contributed by atoms with Crippen molar-refractivity contribution in [1.29, 1.82) is 0 Å². The summed E-state index contributed by atoms with van der Waals surface area (Å²) < 4.78 is 5.26. The third-order valence-corrected chi connectivity index (χ3v) is 4.07. The summed E-state index contributed by atoms with van der Waals surface area (Å²) >= 11 is 0. The van der Waals surface area contributed by atoms with Crippen LogP contribution in [0.1, 0.15) is 32.6 Å². The van der Waals surface area contributed by atoms with Crippen molar-refractivity contribution in [2.45, 2.75) is 63.3 Å². The van der Waals surface area contributed by atoms with Crippen molar-refractivity contribution >= 4 is 0 Å². The zero-order chi connectivity index (χ0) is 14.7. The topological polar surface area (TPSA) is 90.2 Å². The highest BCUT2D eigenvalue weighted by atomic mass is 16.6. The summed E-state index contributed by atoms with van der Waals surface area (Å²) in [5.41, 5.74) is 0.891. The van der Waals surface area contributed by atoms with Crippen molar-refractivity contribution in [2.75, 3.05) is 0 Å².